The van der Waals surface area contributed by atoms with Crippen molar-refractivity contribution in [3.63, 3.8) is 0 Å². The van der Waals surface area contributed by atoms with Crippen LogP contribution in [0.4, 0.5) is 0 Å². The first-order valence-electron chi connectivity index (χ1n) is 5.07. The van der Waals surface area contributed by atoms with Gasteiger partial charge in [0, 0.05) is 7.05 Å². The Bertz CT molecular complexity index is 235. The summed E-state index contributed by atoms with van der Waals surface area (Å²) in [6.07, 6.45) is 4.28. The minimum atomic E-state index is 0.833. The molecule has 0 bridgehead atoms. The fourth-order valence-corrected chi connectivity index (χ4v) is 1.33. The lowest BCUT2D eigenvalue weighted by Gasteiger charge is -2.20. The van der Waals surface area contributed by atoms with Gasteiger partial charge in [0.15, 0.2) is 0 Å². The van der Waals surface area contributed by atoms with Crippen LogP contribution in [0.3, 0.4) is 0 Å². The molecule has 80 valence electrons. The highest BCUT2D eigenvalue weighted by molar-refractivity contribution is 4.69. The van der Waals surface area contributed by atoms with Crippen LogP contribution in [0.15, 0.2) is 0 Å². The Hall–Kier alpha value is -0.970. The van der Waals surface area contributed by atoms with E-state index in [9.17, 15) is 0 Å². The van der Waals surface area contributed by atoms with Gasteiger partial charge < -0.3 is 4.90 Å². The largest absolute Gasteiger partial charge is 0.306 e. The lowest BCUT2D eigenvalue weighted by molar-refractivity contribution is 0.277. The lowest BCUT2D eigenvalue weighted by atomic mass is 10.1. The van der Waals surface area contributed by atoms with Crippen LogP contribution in [0.1, 0.15) is 25.1 Å². The molecule has 0 radical (unpaired) electrons. The third kappa shape index (κ3) is 3.83. The Morgan fingerprint density at radius 2 is 1.71 bits per heavy atom. The van der Waals surface area contributed by atoms with Crippen LogP contribution in [0, 0.1) is 6.92 Å². The van der Waals surface area contributed by atoms with Crippen molar-refractivity contribution in [3.8, 4) is 0 Å². The first-order chi connectivity index (χ1) is 6.70. The van der Waals surface area contributed by atoms with Crippen molar-refractivity contribution in [2.45, 2.75) is 26.2 Å². The van der Waals surface area contributed by atoms with Gasteiger partial charge in [-0.05, 0) is 50.3 Å². The van der Waals surface area contributed by atoms with Crippen LogP contribution in [0.5, 0.6) is 0 Å². The molecule has 1 saturated heterocycles. The van der Waals surface area contributed by atoms with Crippen molar-refractivity contribution < 1.29 is 0 Å². The Kier molecular flexibility index (Phi) is 4.52. The van der Waals surface area contributed by atoms with Gasteiger partial charge in [0.05, 0.1) is 0 Å². The third-order valence-electron chi connectivity index (χ3n) is 2.41. The predicted molar refractivity (Wildman–Crippen MR) is 54.9 cm³/mol. The number of hydrogen-bond acceptors (Lipinski definition) is 4. The molecule has 1 aromatic rings. The molecule has 2 heterocycles. The first kappa shape index (κ1) is 11.1. The summed E-state index contributed by atoms with van der Waals surface area (Å²) in [6.45, 7) is 4.49. The van der Waals surface area contributed by atoms with Crippen LogP contribution in [0.2, 0.25) is 0 Å². The zero-order valence-electron chi connectivity index (χ0n) is 9.27. The minimum absolute atomic E-state index is 0.833. The fraction of sp³-hybridized carbons (Fsp3) is 0.889. The second-order valence-electron chi connectivity index (χ2n) is 3.71. The van der Waals surface area contributed by atoms with Gasteiger partial charge in [0.2, 0.25) is 0 Å². The molecule has 0 spiro atoms. The van der Waals surface area contributed by atoms with Crippen molar-refractivity contribution in [2.24, 2.45) is 7.05 Å². The van der Waals surface area contributed by atoms with E-state index in [4.69, 9.17) is 0 Å². The van der Waals surface area contributed by atoms with E-state index in [0.29, 0.717) is 0 Å². The van der Waals surface area contributed by atoms with Crippen LogP contribution in [-0.4, -0.2) is 45.2 Å². The maximum atomic E-state index is 3.62. The van der Waals surface area contributed by atoms with E-state index in [2.05, 4.69) is 27.5 Å². The van der Waals surface area contributed by atoms with E-state index < -0.39 is 0 Å². The smallest absolute Gasteiger partial charge is 0.147 e. The summed E-state index contributed by atoms with van der Waals surface area (Å²) < 4.78 is 1.61. The number of piperidine rings is 1. The third-order valence-corrected chi connectivity index (χ3v) is 2.41. The first-order valence-corrected chi connectivity index (χ1v) is 5.07. The highest BCUT2D eigenvalue weighted by Gasteiger charge is 2.02. The number of hydrogen-bond donors (Lipinski definition) is 0. The molecule has 5 nitrogen and oxygen atoms in total. The van der Waals surface area contributed by atoms with Crippen LogP contribution in [-0.2, 0) is 7.05 Å². The molecule has 1 aromatic heterocycles. The average molecular weight is 197 g/mol. The number of tetrazole rings is 1. The highest BCUT2D eigenvalue weighted by atomic mass is 15.5. The maximum Gasteiger partial charge on any atom is 0.147 e. The van der Waals surface area contributed by atoms with Gasteiger partial charge in [-0.1, -0.05) is 6.42 Å². The predicted octanol–water partition coefficient (Wildman–Crippen LogP) is 0.621. The van der Waals surface area contributed by atoms with Gasteiger partial charge in [-0.15, -0.1) is 5.10 Å². The molecule has 1 aliphatic rings. The van der Waals surface area contributed by atoms with E-state index in [1.807, 2.05) is 6.92 Å². The molecular weight excluding hydrogens is 178 g/mol. The molecule has 0 amide bonds. The van der Waals surface area contributed by atoms with Crippen molar-refractivity contribution in [1.82, 2.24) is 25.1 Å². The molecule has 0 atom stereocenters. The molecule has 1 aliphatic heterocycles. The number of aromatic nitrogens is 4. The van der Waals surface area contributed by atoms with Crippen molar-refractivity contribution in [3.05, 3.63) is 5.82 Å². The van der Waals surface area contributed by atoms with E-state index in [1.54, 1.807) is 11.7 Å². The summed E-state index contributed by atoms with van der Waals surface area (Å²) in [4.78, 5) is 2.39. The van der Waals surface area contributed by atoms with Gasteiger partial charge >= 0.3 is 0 Å². The monoisotopic (exact) mass is 197 g/mol. The van der Waals surface area contributed by atoms with E-state index in [-0.39, 0.29) is 0 Å². The average Bonchev–Trinajstić information content (AvgIpc) is 2.53. The lowest BCUT2D eigenvalue weighted by Crippen LogP contribution is -2.24. The number of likely N-dealkylation sites (tertiary alicyclic amines) is 1. The molecule has 1 fully saturated rings. The summed E-state index contributed by atoms with van der Waals surface area (Å²) in [5.74, 6) is 0.833. The zero-order valence-corrected chi connectivity index (χ0v) is 9.27. The Balaban J connectivity index is 0.000000140. The number of aryl methyl sites for hydroxylation is 2. The van der Waals surface area contributed by atoms with E-state index in [1.165, 1.54) is 32.4 Å². The standard InChI is InChI=1S/C6H13N.C3H6N4/c1-7-5-3-2-4-6-7;1-3-4-5-6-7(3)2/h2-6H2,1H3;1-2H3. The van der Waals surface area contributed by atoms with Crippen LogP contribution >= 0.6 is 0 Å². The molecule has 2 rings (SSSR count). The molecular formula is C9H19N5. The van der Waals surface area contributed by atoms with Crippen molar-refractivity contribution in [1.29, 1.82) is 0 Å². The van der Waals surface area contributed by atoms with Gasteiger partial charge in [-0.3, -0.25) is 0 Å². The number of nitrogens with zero attached hydrogens (tertiary/aromatic N) is 5. The summed E-state index contributed by atoms with van der Waals surface area (Å²) >= 11 is 0. The summed E-state index contributed by atoms with van der Waals surface area (Å²) in [6, 6.07) is 0. The minimum Gasteiger partial charge on any atom is -0.306 e. The van der Waals surface area contributed by atoms with E-state index >= 15 is 0 Å². The quantitative estimate of drug-likeness (QED) is 0.611. The molecule has 0 saturated carbocycles. The molecule has 0 unspecified atom stereocenters. The Morgan fingerprint density at radius 1 is 1.07 bits per heavy atom. The van der Waals surface area contributed by atoms with Crippen LogP contribution in [0.25, 0.3) is 0 Å². The second-order valence-corrected chi connectivity index (χ2v) is 3.71. The van der Waals surface area contributed by atoms with Gasteiger partial charge in [0.25, 0.3) is 0 Å². The normalized spacial score (nSPS) is 17.4. The summed E-state index contributed by atoms with van der Waals surface area (Å²) in [5, 5.41) is 10.6. The molecule has 14 heavy (non-hydrogen) atoms. The van der Waals surface area contributed by atoms with E-state index in [0.717, 1.165) is 5.82 Å². The molecule has 0 aliphatic carbocycles. The Morgan fingerprint density at radius 3 is 1.93 bits per heavy atom. The van der Waals surface area contributed by atoms with Crippen LogP contribution < -0.4 is 0 Å². The van der Waals surface area contributed by atoms with Gasteiger partial charge in [-0.2, -0.15) is 0 Å². The van der Waals surface area contributed by atoms with Crippen molar-refractivity contribution >= 4 is 0 Å². The topological polar surface area (TPSA) is 46.8 Å². The SMILES string of the molecule is CN1CCCCC1.Cc1nnnn1C. The molecule has 0 N–H and O–H groups in total. The molecule has 5 heteroatoms. The molecule has 0 aromatic carbocycles. The fourth-order valence-electron chi connectivity index (χ4n) is 1.33. The highest BCUT2D eigenvalue weighted by Crippen LogP contribution is 2.04. The van der Waals surface area contributed by atoms with Gasteiger partial charge in [-0.25, -0.2) is 4.68 Å². The summed E-state index contributed by atoms with van der Waals surface area (Å²) in [5.41, 5.74) is 0. The summed E-state index contributed by atoms with van der Waals surface area (Å²) in [7, 11) is 3.99. The van der Waals surface area contributed by atoms with Crippen molar-refractivity contribution in [2.75, 3.05) is 20.1 Å². The maximum absolute atomic E-state index is 3.62. The Labute approximate surface area is 85.1 Å². The number of rotatable bonds is 0. The van der Waals surface area contributed by atoms with Gasteiger partial charge in [0.1, 0.15) is 5.82 Å². The zero-order chi connectivity index (χ0) is 10.4. The second kappa shape index (κ2) is 5.70.